The second-order valence-electron chi connectivity index (χ2n) is 5.02. The van der Waals surface area contributed by atoms with Crippen LogP contribution in [-0.2, 0) is 6.18 Å². The Morgan fingerprint density at radius 1 is 1.38 bits per heavy atom. The van der Waals surface area contributed by atoms with Gasteiger partial charge in [-0.15, -0.1) is 24.2 Å². The van der Waals surface area contributed by atoms with E-state index in [1.807, 2.05) is 7.05 Å². The van der Waals surface area contributed by atoms with E-state index in [0.717, 1.165) is 29.1 Å². The minimum absolute atomic E-state index is 0. The summed E-state index contributed by atoms with van der Waals surface area (Å²) >= 11 is 1.69. The van der Waals surface area contributed by atoms with E-state index < -0.39 is 11.7 Å². The molecule has 0 amide bonds. The summed E-state index contributed by atoms with van der Waals surface area (Å²) in [5, 5.41) is 5.10. The van der Waals surface area contributed by atoms with E-state index in [0.29, 0.717) is 11.4 Å². The summed E-state index contributed by atoms with van der Waals surface area (Å²) in [5.41, 5.74) is 1.15. The number of hydrogen-bond donors (Lipinski definition) is 2. The zero-order valence-electron chi connectivity index (χ0n) is 11.4. The molecule has 1 unspecified atom stereocenters. The zero-order chi connectivity index (χ0) is 14.3. The summed E-state index contributed by atoms with van der Waals surface area (Å²) in [5.74, 6) is 1.36. The third-order valence-corrected chi connectivity index (χ3v) is 4.75. The van der Waals surface area contributed by atoms with Gasteiger partial charge in [-0.1, -0.05) is 6.07 Å². The molecule has 1 atom stereocenters. The molecule has 2 nitrogen and oxygen atoms in total. The maximum absolute atomic E-state index is 12.8. The molecule has 1 aliphatic heterocycles. The summed E-state index contributed by atoms with van der Waals surface area (Å²) < 4.78 is 38.3. The van der Waals surface area contributed by atoms with E-state index in [1.165, 1.54) is 17.7 Å². The zero-order valence-corrected chi connectivity index (χ0v) is 13.0. The second kappa shape index (κ2) is 6.10. The molecule has 2 aromatic rings. The highest BCUT2D eigenvalue weighted by Crippen LogP contribution is 2.42. The normalized spacial score (nSPS) is 18.4. The lowest BCUT2D eigenvalue weighted by Gasteiger charge is -2.22. The van der Waals surface area contributed by atoms with Gasteiger partial charge in [0.15, 0.2) is 0 Å². The lowest BCUT2D eigenvalue weighted by Crippen LogP contribution is -2.20. The topological polar surface area (TPSA) is 27.8 Å². The summed E-state index contributed by atoms with van der Waals surface area (Å²) in [6, 6.07) is 3.98. The molecule has 116 valence electrons. The molecule has 0 saturated heterocycles. The summed E-state index contributed by atoms with van der Waals surface area (Å²) in [4.78, 5) is 3.15. The number of likely N-dealkylation sites (N-methyl/N-ethyl adjacent to an activating group) is 1. The molecule has 0 radical (unpaired) electrons. The molecule has 1 aromatic carbocycles. The first kappa shape index (κ1) is 16.5. The van der Waals surface area contributed by atoms with Gasteiger partial charge in [0.1, 0.15) is 0 Å². The van der Waals surface area contributed by atoms with Crippen LogP contribution in [0.2, 0.25) is 0 Å². The van der Waals surface area contributed by atoms with E-state index in [9.17, 15) is 13.2 Å². The van der Waals surface area contributed by atoms with Gasteiger partial charge in [0, 0.05) is 29.1 Å². The Hall–Kier alpha value is -0.850. The van der Waals surface area contributed by atoms with Gasteiger partial charge >= 0.3 is 6.18 Å². The molecule has 2 N–H and O–H groups in total. The Kier molecular flexibility index (Phi) is 4.80. The fourth-order valence-corrected chi connectivity index (χ4v) is 4.01. The van der Waals surface area contributed by atoms with Crippen LogP contribution in [-0.4, -0.2) is 24.3 Å². The van der Waals surface area contributed by atoms with Crippen LogP contribution in [0, 0.1) is 0 Å². The van der Waals surface area contributed by atoms with Gasteiger partial charge in [0.25, 0.3) is 0 Å². The minimum Gasteiger partial charge on any atom is -0.349 e. The van der Waals surface area contributed by atoms with Crippen molar-refractivity contribution in [1.29, 1.82) is 0 Å². The number of halogens is 4. The number of benzene rings is 1. The van der Waals surface area contributed by atoms with Crippen LogP contribution < -0.4 is 5.32 Å². The van der Waals surface area contributed by atoms with E-state index in [4.69, 9.17) is 0 Å². The van der Waals surface area contributed by atoms with Crippen molar-refractivity contribution in [2.24, 2.45) is 0 Å². The van der Waals surface area contributed by atoms with Gasteiger partial charge in [-0.05, 0) is 31.2 Å². The highest BCUT2D eigenvalue weighted by Gasteiger charge is 2.32. The van der Waals surface area contributed by atoms with Gasteiger partial charge < -0.3 is 10.3 Å². The molecule has 0 saturated carbocycles. The number of alkyl halides is 3. The lowest BCUT2D eigenvalue weighted by atomic mass is 9.95. The highest BCUT2D eigenvalue weighted by atomic mass is 35.5. The van der Waals surface area contributed by atoms with E-state index in [1.54, 1.807) is 17.8 Å². The number of hydrogen-bond acceptors (Lipinski definition) is 2. The SMILES string of the molecule is CNCC1CCSc2[nH]c3cc(C(F)(F)F)ccc3c21.Cl. The first-order chi connectivity index (χ1) is 9.50. The van der Waals surface area contributed by atoms with Crippen molar-refractivity contribution >= 4 is 35.1 Å². The van der Waals surface area contributed by atoms with Crippen LogP contribution in [0.1, 0.15) is 23.5 Å². The standard InChI is InChI=1S/C14H15F3N2S.ClH/c1-18-7-8-4-5-20-13-12(8)10-3-2-9(14(15,16)17)6-11(10)19-13;/h2-3,6,8,18-19H,4-5,7H2,1H3;1H. The predicted octanol–water partition coefficient (Wildman–Crippen LogP) is 4.41. The number of aromatic nitrogens is 1. The van der Waals surface area contributed by atoms with Crippen molar-refractivity contribution in [1.82, 2.24) is 10.3 Å². The molecule has 1 aromatic heterocycles. The molecule has 1 aliphatic rings. The van der Waals surface area contributed by atoms with E-state index >= 15 is 0 Å². The fraction of sp³-hybridized carbons (Fsp3) is 0.429. The van der Waals surface area contributed by atoms with Crippen LogP contribution in [0.25, 0.3) is 10.9 Å². The van der Waals surface area contributed by atoms with Crippen LogP contribution in [0.15, 0.2) is 23.2 Å². The fourth-order valence-electron chi connectivity index (χ4n) is 2.79. The van der Waals surface area contributed by atoms with Gasteiger partial charge in [0.05, 0.1) is 10.6 Å². The number of rotatable bonds is 2. The Bertz CT molecular complexity index is 639. The van der Waals surface area contributed by atoms with Crippen molar-refractivity contribution in [3.63, 3.8) is 0 Å². The average Bonchev–Trinajstić information content (AvgIpc) is 2.76. The molecule has 3 rings (SSSR count). The Balaban J connectivity index is 0.00000161. The Labute approximate surface area is 131 Å². The van der Waals surface area contributed by atoms with Crippen molar-refractivity contribution in [2.45, 2.75) is 23.5 Å². The molecule has 21 heavy (non-hydrogen) atoms. The quantitative estimate of drug-likeness (QED) is 0.850. The van der Waals surface area contributed by atoms with Crippen molar-refractivity contribution in [3.05, 3.63) is 29.3 Å². The maximum Gasteiger partial charge on any atom is 0.416 e. The van der Waals surface area contributed by atoms with Crippen LogP contribution >= 0.6 is 24.2 Å². The Morgan fingerprint density at radius 2 is 2.14 bits per heavy atom. The van der Waals surface area contributed by atoms with Crippen LogP contribution in [0.4, 0.5) is 13.2 Å². The lowest BCUT2D eigenvalue weighted by molar-refractivity contribution is -0.137. The third kappa shape index (κ3) is 3.03. The summed E-state index contributed by atoms with van der Waals surface area (Å²) in [7, 11) is 1.90. The molecule has 0 fully saturated rings. The molecule has 0 aliphatic carbocycles. The van der Waals surface area contributed by atoms with Crippen LogP contribution in [0.3, 0.4) is 0 Å². The average molecular weight is 337 g/mol. The third-order valence-electron chi connectivity index (χ3n) is 3.70. The number of fused-ring (bicyclic) bond motifs is 3. The second-order valence-corrected chi connectivity index (χ2v) is 6.12. The number of nitrogens with one attached hydrogen (secondary N) is 2. The van der Waals surface area contributed by atoms with Gasteiger partial charge in [-0.25, -0.2) is 0 Å². The first-order valence-electron chi connectivity index (χ1n) is 6.51. The van der Waals surface area contributed by atoms with E-state index in [-0.39, 0.29) is 12.4 Å². The summed E-state index contributed by atoms with van der Waals surface area (Å²) in [6.45, 7) is 0.849. The molecule has 2 heterocycles. The number of thioether (sulfide) groups is 1. The molecule has 7 heteroatoms. The minimum atomic E-state index is -4.29. The summed E-state index contributed by atoms with van der Waals surface area (Å²) in [6.07, 6.45) is -3.25. The van der Waals surface area contributed by atoms with Gasteiger partial charge in [0.2, 0.25) is 0 Å². The van der Waals surface area contributed by atoms with Crippen molar-refractivity contribution in [2.75, 3.05) is 19.3 Å². The van der Waals surface area contributed by atoms with Crippen LogP contribution in [0.5, 0.6) is 0 Å². The maximum atomic E-state index is 12.8. The van der Waals surface area contributed by atoms with Gasteiger partial charge in [-0.3, -0.25) is 0 Å². The number of aromatic amines is 1. The van der Waals surface area contributed by atoms with E-state index in [2.05, 4.69) is 10.3 Å². The predicted molar refractivity (Wildman–Crippen MR) is 82.6 cm³/mol. The molecule has 0 bridgehead atoms. The smallest absolute Gasteiger partial charge is 0.349 e. The molecule has 0 spiro atoms. The largest absolute Gasteiger partial charge is 0.416 e. The Morgan fingerprint density at radius 3 is 2.81 bits per heavy atom. The van der Waals surface area contributed by atoms with Gasteiger partial charge in [-0.2, -0.15) is 13.2 Å². The monoisotopic (exact) mass is 336 g/mol. The van der Waals surface area contributed by atoms with Crippen molar-refractivity contribution in [3.8, 4) is 0 Å². The molecular formula is C14H16ClF3N2S. The molecular weight excluding hydrogens is 321 g/mol. The highest BCUT2D eigenvalue weighted by molar-refractivity contribution is 7.99. The first-order valence-corrected chi connectivity index (χ1v) is 7.49. The number of H-pyrrole nitrogens is 1. The van der Waals surface area contributed by atoms with Crippen molar-refractivity contribution < 1.29 is 13.2 Å².